The third-order valence-electron chi connectivity index (χ3n) is 2.16. The molecule has 7 nitrogen and oxygen atoms in total. The highest BCUT2D eigenvalue weighted by atomic mass is 16.6. The molecule has 0 atom stereocenters. The highest BCUT2D eigenvalue weighted by Gasteiger charge is 2.18. The van der Waals surface area contributed by atoms with Crippen LogP contribution in [0.15, 0.2) is 18.2 Å². The third kappa shape index (κ3) is 3.63. The van der Waals surface area contributed by atoms with Crippen LogP contribution in [0.2, 0.25) is 0 Å². The van der Waals surface area contributed by atoms with Crippen molar-refractivity contribution >= 4 is 24.0 Å². The van der Waals surface area contributed by atoms with Crippen molar-refractivity contribution in [2.24, 2.45) is 0 Å². The SMILES string of the molecule is CCOC(=O)C=Cc1cc(C=O)c(O)c([N+](=O)[O-])c1. The number of hydrogen-bond acceptors (Lipinski definition) is 6. The molecule has 0 unspecified atom stereocenters. The Hall–Kier alpha value is -2.70. The molecule has 1 aromatic rings. The van der Waals surface area contributed by atoms with Crippen LogP contribution in [0.1, 0.15) is 22.8 Å². The minimum Gasteiger partial charge on any atom is -0.502 e. The molecule has 0 aliphatic rings. The summed E-state index contributed by atoms with van der Waals surface area (Å²) in [5.41, 5.74) is -0.592. The molecule has 0 aliphatic carbocycles. The monoisotopic (exact) mass is 265 g/mol. The van der Waals surface area contributed by atoms with Gasteiger partial charge in [0.15, 0.2) is 6.29 Å². The minimum absolute atomic E-state index is 0.207. The summed E-state index contributed by atoms with van der Waals surface area (Å²) in [7, 11) is 0. The molecule has 1 aromatic carbocycles. The number of benzene rings is 1. The minimum atomic E-state index is -0.815. The van der Waals surface area contributed by atoms with E-state index in [1.165, 1.54) is 12.1 Å². The van der Waals surface area contributed by atoms with E-state index >= 15 is 0 Å². The van der Waals surface area contributed by atoms with Gasteiger partial charge in [0.2, 0.25) is 5.75 Å². The van der Waals surface area contributed by atoms with Gasteiger partial charge in [0.05, 0.1) is 17.1 Å². The number of nitro groups is 1. The molecule has 0 saturated heterocycles. The number of phenols is 1. The standard InChI is InChI=1S/C12H11NO6/c1-2-19-11(15)4-3-8-5-9(7-14)12(16)10(6-8)13(17)18/h3-7,16H,2H2,1H3. The number of phenolic OH excluding ortho intramolecular Hbond substituents is 1. The topological polar surface area (TPSA) is 107 Å². The van der Waals surface area contributed by atoms with Crippen molar-refractivity contribution in [3.8, 4) is 5.75 Å². The molecule has 0 bridgehead atoms. The Morgan fingerprint density at radius 3 is 2.74 bits per heavy atom. The zero-order chi connectivity index (χ0) is 14.4. The zero-order valence-corrected chi connectivity index (χ0v) is 10.0. The number of nitro benzene ring substituents is 1. The van der Waals surface area contributed by atoms with Crippen molar-refractivity contribution < 1.29 is 24.4 Å². The van der Waals surface area contributed by atoms with Crippen LogP contribution in [0, 0.1) is 10.1 Å². The van der Waals surface area contributed by atoms with Gasteiger partial charge < -0.3 is 9.84 Å². The Kier molecular flexibility index (Phi) is 4.76. The predicted octanol–water partition coefficient (Wildman–Crippen LogP) is 1.69. The van der Waals surface area contributed by atoms with E-state index in [0.29, 0.717) is 6.29 Å². The number of carbonyl (C=O) groups excluding carboxylic acids is 2. The number of esters is 1. The molecule has 1 rings (SSSR count). The van der Waals surface area contributed by atoms with Crippen LogP contribution in [0.25, 0.3) is 6.08 Å². The number of aromatic hydroxyl groups is 1. The fourth-order valence-corrected chi connectivity index (χ4v) is 1.34. The van der Waals surface area contributed by atoms with E-state index in [-0.39, 0.29) is 17.7 Å². The van der Waals surface area contributed by atoms with Gasteiger partial charge in [0, 0.05) is 12.1 Å². The fourth-order valence-electron chi connectivity index (χ4n) is 1.34. The molecule has 19 heavy (non-hydrogen) atoms. The van der Waals surface area contributed by atoms with E-state index in [2.05, 4.69) is 4.74 Å². The molecule has 0 spiro atoms. The molecular weight excluding hydrogens is 254 g/mol. The first kappa shape index (κ1) is 14.4. The van der Waals surface area contributed by atoms with Gasteiger partial charge in [-0.15, -0.1) is 0 Å². The first-order valence-electron chi connectivity index (χ1n) is 5.31. The number of aldehydes is 1. The summed E-state index contributed by atoms with van der Waals surface area (Å²) in [5.74, 6) is -1.31. The second-order valence-corrected chi connectivity index (χ2v) is 3.44. The molecule has 0 aliphatic heterocycles. The lowest BCUT2D eigenvalue weighted by atomic mass is 10.1. The Bertz CT molecular complexity index is 549. The van der Waals surface area contributed by atoms with Crippen molar-refractivity contribution in [3.63, 3.8) is 0 Å². The number of hydrogen-bond donors (Lipinski definition) is 1. The average Bonchev–Trinajstić information content (AvgIpc) is 2.37. The zero-order valence-electron chi connectivity index (χ0n) is 10.0. The van der Waals surface area contributed by atoms with E-state index in [9.17, 15) is 24.8 Å². The van der Waals surface area contributed by atoms with Crippen LogP contribution in [-0.2, 0) is 9.53 Å². The highest BCUT2D eigenvalue weighted by Crippen LogP contribution is 2.30. The Balaban J connectivity index is 3.15. The molecule has 0 radical (unpaired) electrons. The van der Waals surface area contributed by atoms with E-state index < -0.39 is 22.3 Å². The van der Waals surface area contributed by atoms with E-state index in [4.69, 9.17) is 0 Å². The predicted molar refractivity (Wildman–Crippen MR) is 65.8 cm³/mol. The van der Waals surface area contributed by atoms with Crippen LogP contribution < -0.4 is 0 Å². The van der Waals surface area contributed by atoms with E-state index in [0.717, 1.165) is 12.1 Å². The van der Waals surface area contributed by atoms with Crippen molar-refractivity contribution in [1.82, 2.24) is 0 Å². The number of carbonyl (C=O) groups is 2. The van der Waals surface area contributed by atoms with Crippen LogP contribution >= 0.6 is 0 Å². The summed E-state index contributed by atoms with van der Waals surface area (Å²) in [6.45, 7) is 1.85. The second-order valence-electron chi connectivity index (χ2n) is 3.44. The summed E-state index contributed by atoms with van der Waals surface area (Å²) in [4.78, 5) is 31.7. The lowest BCUT2D eigenvalue weighted by Gasteiger charge is -2.01. The highest BCUT2D eigenvalue weighted by molar-refractivity contribution is 5.89. The Morgan fingerprint density at radius 2 is 2.21 bits per heavy atom. The molecule has 0 aromatic heterocycles. The molecule has 0 saturated carbocycles. The van der Waals surface area contributed by atoms with E-state index in [1.807, 2.05) is 0 Å². The molecule has 0 amide bonds. The summed E-state index contributed by atoms with van der Waals surface area (Å²) < 4.78 is 4.64. The molecule has 7 heteroatoms. The third-order valence-corrected chi connectivity index (χ3v) is 2.16. The maximum atomic E-state index is 11.1. The van der Waals surface area contributed by atoms with Crippen molar-refractivity contribution in [3.05, 3.63) is 39.4 Å². The summed E-state index contributed by atoms with van der Waals surface area (Å²) in [6.07, 6.45) is 2.63. The molecular formula is C12H11NO6. The largest absolute Gasteiger partial charge is 0.502 e. The van der Waals surface area contributed by atoms with Crippen molar-refractivity contribution in [1.29, 1.82) is 0 Å². The molecule has 0 heterocycles. The van der Waals surface area contributed by atoms with Gasteiger partial charge in [-0.05, 0) is 24.6 Å². The maximum absolute atomic E-state index is 11.1. The first-order chi connectivity index (χ1) is 8.99. The summed E-state index contributed by atoms with van der Waals surface area (Å²) in [6, 6.07) is 2.28. The number of ether oxygens (including phenoxy) is 1. The quantitative estimate of drug-likeness (QED) is 0.285. The van der Waals surface area contributed by atoms with Gasteiger partial charge >= 0.3 is 11.7 Å². The maximum Gasteiger partial charge on any atom is 0.330 e. The van der Waals surface area contributed by atoms with Gasteiger partial charge in [-0.3, -0.25) is 14.9 Å². The molecule has 1 N–H and O–H groups in total. The van der Waals surface area contributed by atoms with Gasteiger partial charge in [-0.2, -0.15) is 0 Å². The van der Waals surface area contributed by atoms with Crippen molar-refractivity contribution in [2.45, 2.75) is 6.92 Å². The normalized spacial score (nSPS) is 10.4. The van der Waals surface area contributed by atoms with Gasteiger partial charge in [0.1, 0.15) is 0 Å². The van der Waals surface area contributed by atoms with Crippen LogP contribution in [0.5, 0.6) is 5.75 Å². The number of nitrogens with zero attached hydrogens (tertiary/aromatic N) is 1. The van der Waals surface area contributed by atoms with Gasteiger partial charge in [0.25, 0.3) is 0 Å². The number of rotatable bonds is 5. The Labute approximate surface area is 108 Å². The second kappa shape index (κ2) is 6.29. The van der Waals surface area contributed by atoms with Crippen molar-refractivity contribution in [2.75, 3.05) is 6.61 Å². The first-order valence-corrected chi connectivity index (χ1v) is 5.31. The summed E-state index contributed by atoms with van der Waals surface area (Å²) >= 11 is 0. The fraction of sp³-hybridized carbons (Fsp3) is 0.167. The molecule has 100 valence electrons. The smallest absolute Gasteiger partial charge is 0.330 e. The van der Waals surface area contributed by atoms with E-state index in [1.54, 1.807) is 6.92 Å². The van der Waals surface area contributed by atoms with Gasteiger partial charge in [-0.25, -0.2) is 4.79 Å². The molecule has 0 fully saturated rings. The average molecular weight is 265 g/mol. The van der Waals surface area contributed by atoms with Crippen LogP contribution in [0.3, 0.4) is 0 Å². The lowest BCUT2D eigenvalue weighted by Crippen LogP contribution is -1.99. The lowest BCUT2D eigenvalue weighted by molar-refractivity contribution is -0.385. The Morgan fingerprint density at radius 1 is 1.53 bits per heavy atom. The van der Waals surface area contributed by atoms with Gasteiger partial charge in [-0.1, -0.05) is 0 Å². The van der Waals surface area contributed by atoms with Crippen LogP contribution in [-0.4, -0.2) is 28.9 Å². The van der Waals surface area contributed by atoms with Crippen LogP contribution in [0.4, 0.5) is 5.69 Å². The summed E-state index contributed by atoms with van der Waals surface area (Å²) in [5, 5.41) is 20.2.